The minimum Gasteiger partial charge on any atom is -0.338 e. The number of amides is 1. The van der Waals surface area contributed by atoms with Crippen molar-refractivity contribution < 1.29 is 4.79 Å². The van der Waals surface area contributed by atoms with Crippen LogP contribution in [0.2, 0.25) is 0 Å². The second-order valence-corrected chi connectivity index (χ2v) is 6.64. The molecule has 0 bridgehead atoms. The van der Waals surface area contributed by atoms with Crippen LogP contribution in [0.1, 0.15) is 39.0 Å². The number of thioether (sulfide) groups is 1. The van der Waals surface area contributed by atoms with Crippen molar-refractivity contribution in [3.05, 3.63) is 0 Å². The molecule has 1 saturated heterocycles. The lowest BCUT2D eigenvalue weighted by Crippen LogP contribution is -2.52. The van der Waals surface area contributed by atoms with Crippen molar-refractivity contribution in [2.24, 2.45) is 0 Å². The van der Waals surface area contributed by atoms with Gasteiger partial charge in [0.05, 0.1) is 6.04 Å². The molecule has 4 heteroatoms. The van der Waals surface area contributed by atoms with Gasteiger partial charge in [0.15, 0.2) is 0 Å². The fourth-order valence-corrected chi connectivity index (χ4v) is 4.25. The quantitative estimate of drug-likeness (QED) is 0.833. The monoisotopic (exact) mass is 256 g/mol. The van der Waals surface area contributed by atoms with Gasteiger partial charge >= 0.3 is 0 Å². The number of likely N-dealkylation sites (N-methyl/N-ethyl adjacent to an activating group) is 1. The average Bonchev–Trinajstić information content (AvgIpc) is 2.78. The van der Waals surface area contributed by atoms with Crippen LogP contribution in [-0.4, -0.2) is 47.5 Å². The fourth-order valence-electron chi connectivity index (χ4n) is 3.12. The molecular formula is C13H24N2OS. The zero-order valence-corrected chi connectivity index (χ0v) is 11.8. The van der Waals surface area contributed by atoms with E-state index in [-0.39, 0.29) is 6.04 Å². The SMILES string of the molecule is CCSC1CCC(N2CCCC(NC)C2=O)C1. The van der Waals surface area contributed by atoms with E-state index in [0.717, 1.165) is 24.6 Å². The highest BCUT2D eigenvalue weighted by atomic mass is 32.2. The minimum atomic E-state index is 0.0710. The number of carbonyl (C=O) groups excluding carboxylic acids is 1. The van der Waals surface area contributed by atoms with Crippen LogP contribution in [0.25, 0.3) is 0 Å². The number of likely N-dealkylation sites (tertiary alicyclic amines) is 1. The Labute approximate surface area is 109 Å². The molecule has 1 aliphatic carbocycles. The molecule has 0 aromatic heterocycles. The highest BCUT2D eigenvalue weighted by molar-refractivity contribution is 7.99. The summed E-state index contributed by atoms with van der Waals surface area (Å²) in [4.78, 5) is 14.4. The van der Waals surface area contributed by atoms with Gasteiger partial charge in [-0.05, 0) is 44.9 Å². The molecule has 0 spiro atoms. The van der Waals surface area contributed by atoms with Crippen LogP contribution in [0.15, 0.2) is 0 Å². The maximum absolute atomic E-state index is 12.3. The molecule has 1 saturated carbocycles. The lowest BCUT2D eigenvalue weighted by Gasteiger charge is -2.36. The van der Waals surface area contributed by atoms with Crippen molar-refractivity contribution >= 4 is 17.7 Å². The van der Waals surface area contributed by atoms with Gasteiger partial charge in [-0.2, -0.15) is 11.8 Å². The number of carbonyl (C=O) groups is 1. The van der Waals surface area contributed by atoms with Crippen LogP contribution in [0.5, 0.6) is 0 Å². The Morgan fingerprint density at radius 3 is 2.94 bits per heavy atom. The van der Waals surface area contributed by atoms with Gasteiger partial charge in [0.1, 0.15) is 0 Å². The third-order valence-corrected chi connectivity index (χ3v) is 5.25. The Morgan fingerprint density at radius 1 is 1.41 bits per heavy atom. The van der Waals surface area contributed by atoms with E-state index >= 15 is 0 Å². The highest BCUT2D eigenvalue weighted by Gasteiger charge is 2.36. The predicted molar refractivity (Wildman–Crippen MR) is 73.4 cm³/mol. The average molecular weight is 256 g/mol. The predicted octanol–water partition coefficient (Wildman–Crippen LogP) is 1.87. The second-order valence-electron chi connectivity index (χ2n) is 5.06. The maximum Gasteiger partial charge on any atom is 0.239 e. The third kappa shape index (κ3) is 2.97. The molecule has 98 valence electrons. The number of hydrogen-bond acceptors (Lipinski definition) is 3. The van der Waals surface area contributed by atoms with Crippen LogP contribution in [-0.2, 0) is 4.79 Å². The van der Waals surface area contributed by atoms with Gasteiger partial charge in [0.25, 0.3) is 0 Å². The molecular weight excluding hydrogens is 232 g/mol. The van der Waals surface area contributed by atoms with Crippen molar-refractivity contribution in [2.75, 3.05) is 19.3 Å². The Hall–Kier alpha value is -0.220. The summed E-state index contributed by atoms with van der Waals surface area (Å²) in [6.45, 7) is 3.20. The lowest BCUT2D eigenvalue weighted by atomic mass is 10.0. The van der Waals surface area contributed by atoms with E-state index in [1.165, 1.54) is 25.0 Å². The van der Waals surface area contributed by atoms with Crippen molar-refractivity contribution in [1.82, 2.24) is 10.2 Å². The van der Waals surface area contributed by atoms with Crippen LogP contribution in [0, 0.1) is 0 Å². The van der Waals surface area contributed by atoms with Crippen molar-refractivity contribution in [3.8, 4) is 0 Å². The first-order valence-corrected chi connectivity index (χ1v) is 7.90. The first-order valence-electron chi connectivity index (χ1n) is 6.85. The van der Waals surface area contributed by atoms with E-state index in [2.05, 4.69) is 28.9 Å². The summed E-state index contributed by atoms with van der Waals surface area (Å²) in [5.74, 6) is 1.54. The fraction of sp³-hybridized carbons (Fsp3) is 0.923. The standard InChI is InChI=1S/C13H24N2OS/c1-3-17-11-7-6-10(9-11)15-8-4-5-12(14-2)13(15)16/h10-12,14H,3-9H2,1-2H3. The normalized spacial score (nSPS) is 34.4. The highest BCUT2D eigenvalue weighted by Crippen LogP contribution is 2.33. The Balaban J connectivity index is 1.91. The number of nitrogens with one attached hydrogen (secondary N) is 1. The van der Waals surface area contributed by atoms with Gasteiger partial charge in [0, 0.05) is 17.8 Å². The Kier molecular flexibility index (Phi) is 4.74. The lowest BCUT2D eigenvalue weighted by molar-refractivity contribution is -0.138. The third-order valence-electron chi connectivity index (χ3n) is 4.02. The first kappa shape index (κ1) is 13.2. The minimum absolute atomic E-state index is 0.0710. The van der Waals surface area contributed by atoms with E-state index in [1.807, 2.05) is 7.05 Å². The molecule has 3 nitrogen and oxygen atoms in total. The van der Waals surface area contributed by atoms with Crippen molar-refractivity contribution in [2.45, 2.75) is 56.4 Å². The molecule has 3 atom stereocenters. The van der Waals surface area contributed by atoms with Gasteiger partial charge in [-0.3, -0.25) is 4.79 Å². The van der Waals surface area contributed by atoms with Gasteiger partial charge in [-0.25, -0.2) is 0 Å². The Morgan fingerprint density at radius 2 is 2.24 bits per heavy atom. The number of rotatable bonds is 4. The summed E-state index contributed by atoms with van der Waals surface area (Å²) in [7, 11) is 1.90. The van der Waals surface area contributed by atoms with Crippen LogP contribution in [0.4, 0.5) is 0 Å². The van der Waals surface area contributed by atoms with E-state index in [4.69, 9.17) is 0 Å². The zero-order chi connectivity index (χ0) is 12.3. The van der Waals surface area contributed by atoms with Crippen LogP contribution < -0.4 is 5.32 Å². The van der Waals surface area contributed by atoms with Crippen LogP contribution in [0.3, 0.4) is 0 Å². The van der Waals surface area contributed by atoms with E-state index in [0.29, 0.717) is 11.9 Å². The summed E-state index contributed by atoms with van der Waals surface area (Å²) < 4.78 is 0. The number of nitrogens with zero attached hydrogens (tertiary/aromatic N) is 1. The molecule has 1 heterocycles. The molecule has 2 fully saturated rings. The van der Waals surface area contributed by atoms with Crippen LogP contribution >= 0.6 is 11.8 Å². The summed E-state index contributed by atoms with van der Waals surface area (Å²) in [5.41, 5.74) is 0. The first-order chi connectivity index (χ1) is 8.26. The van der Waals surface area contributed by atoms with E-state index < -0.39 is 0 Å². The molecule has 2 rings (SSSR count). The smallest absolute Gasteiger partial charge is 0.239 e. The zero-order valence-electron chi connectivity index (χ0n) is 10.9. The molecule has 1 N–H and O–H groups in total. The molecule has 17 heavy (non-hydrogen) atoms. The summed E-state index contributed by atoms with van der Waals surface area (Å²) >= 11 is 2.06. The molecule has 1 amide bonds. The van der Waals surface area contributed by atoms with Crippen molar-refractivity contribution in [1.29, 1.82) is 0 Å². The second kappa shape index (κ2) is 6.10. The molecule has 0 radical (unpaired) electrons. The molecule has 2 aliphatic rings. The summed E-state index contributed by atoms with van der Waals surface area (Å²) in [5, 5.41) is 3.93. The van der Waals surface area contributed by atoms with Gasteiger partial charge in [-0.1, -0.05) is 6.92 Å². The van der Waals surface area contributed by atoms with Crippen molar-refractivity contribution in [3.63, 3.8) is 0 Å². The molecule has 0 aromatic rings. The van der Waals surface area contributed by atoms with E-state index in [1.54, 1.807) is 0 Å². The van der Waals surface area contributed by atoms with Gasteiger partial charge < -0.3 is 10.2 Å². The maximum atomic E-state index is 12.3. The summed E-state index contributed by atoms with van der Waals surface area (Å²) in [6, 6.07) is 0.587. The van der Waals surface area contributed by atoms with Gasteiger partial charge in [-0.15, -0.1) is 0 Å². The topological polar surface area (TPSA) is 32.3 Å². The number of hydrogen-bond donors (Lipinski definition) is 1. The van der Waals surface area contributed by atoms with E-state index in [9.17, 15) is 4.79 Å². The molecule has 3 unspecified atom stereocenters. The molecule has 0 aromatic carbocycles. The summed E-state index contributed by atoms with van der Waals surface area (Å²) in [6.07, 6.45) is 5.86. The largest absolute Gasteiger partial charge is 0.338 e. The number of piperidine rings is 1. The Bertz CT molecular complexity index is 272. The van der Waals surface area contributed by atoms with Gasteiger partial charge in [0.2, 0.25) is 5.91 Å². The molecule has 1 aliphatic heterocycles.